The number of amides is 1. The number of para-hydroxylation sites is 1. The fourth-order valence-electron chi connectivity index (χ4n) is 1.99. The molecule has 0 aromatic heterocycles. The Balaban J connectivity index is 1.92. The molecular formula is C19H20ClNO4. The number of rotatable bonds is 7. The second-order valence-electron chi connectivity index (χ2n) is 5.39. The SMILES string of the molecule is CCCOc1ccc(C(=O)O[C@H](C)C(=O)Nc2ccccc2Cl)cc1. The first-order chi connectivity index (χ1) is 12.0. The first-order valence-electron chi connectivity index (χ1n) is 8.00. The van der Waals surface area contributed by atoms with Crippen molar-refractivity contribution in [3.63, 3.8) is 0 Å². The van der Waals surface area contributed by atoms with Gasteiger partial charge in [-0.1, -0.05) is 30.7 Å². The molecule has 2 aromatic rings. The maximum absolute atomic E-state index is 12.1. The quantitative estimate of drug-likeness (QED) is 0.746. The number of esters is 1. The average molecular weight is 362 g/mol. The molecule has 1 N–H and O–H groups in total. The van der Waals surface area contributed by atoms with Crippen molar-refractivity contribution in [1.82, 2.24) is 0 Å². The number of hydrogen-bond acceptors (Lipinski definition) is 4. The van der Waals surface area contributed by atoms with Crippen LogP contribution in [0.3, 0.4) is 0 Å². The summed E-state index contributed by atoms with van der Waals surface area (Å²) in [6.07, 6.45) is -0.0539. The zero-order valence-electron chi connectivity index (χ0n) is 14.1. The van der Waals surface area contributed by atoms with Gasteiger partial charge in [-0.3, -0.25) is 4.79 Å². The lowest BCUT2D eigenvalue weighted by Crippen LogP contribution is -2.30. The van der Waals surface area contributed by atoms with Gasteiger partial charge in [-0.05, 0) is 49.7 Å². The predicted octanol–water partition coefficient (Wildman–Crippen LogP) is 4.31. The maximum atomic E-state index is 12.1. The van der Waals surface area contributed by atoms with E-state index in [1.165, 1.54) is 6.92 Å². The largest absolute Gasteiger partial charge is 0.494 e. The van der Waals surface area contributed by atoms with Crippen molar-refractivity contribution in [3.8, 4) is 5.75 Å². The number of halogens is 1. The van der Waals surface area contributed by atoms with Crippen LogP contribution in [0.15, 0.2) is 48.5 Å². The molecule has 2 aromatic carbocycles. The van der Waals surface area contributed by atoms with Crippen LogP contribution in [0.2, 0.25) is 5.02 Å². The van der Waals surface area contributed by atoms with Gasteiger partial charge in [0.15, 0.2) is 6.10 Å². The summed E-state index contributed by atoms with van der Waals surface area (Å²) in [6.45, 7) is 4.13. The monoisotopic (exact) mass is 361 g/mol. The Bertz CT molecular complexity index is 730. The summed E-state index contributed by atoms with van der Waals surface area (Å²) in [6, 6.07) is 13.4. The zero-order valence-corrected chi connectivity index (χ0v) is 14.9. The molecule has 0 aliphatic heterocycles. The number of hydrogen-bond donors (Lipinski definition) is 1. The van der Waals surface area contributed by atoms with E-state index in [9.17, 15) is 9.59 Å². The van der Waals surface area contributed by atoms with Gasteiger partial charge in [0.1, 0.15) is 5.75 Å². The van der Waals surface area contributed by atoms with Crippen LogP contribution in [0.5, 0.6) is 5.75 Å². The summed E-state index contributed by atoms with van der Waals surface area (Å²) >= 11 is 5.99. The summed E-state index contributed by atoms with van der Waals surface area (Å²) < 4.78 is 10.7. The normalized spacial score (nSPS) is 11.5. The third-order valence-corrected chi connectivity index (χ3v) is 3.68. The molecule has 0 radical (unpaired) electrons. The highest BCUT2D eigenvalue weighted by Crippen LogP contribution is 2.21. The fraction of sp³-hybridized carbons (Fsp3) is 0.263. The van der Waals surface area contributed by atoms with Crippen LogP contribution in [-0.2, 0) is 9.53 Å². The Morgan fingerprint density at radius 1 is 1.12 bits per heavy atom. The number of benzene rings is 2. The van der Waals surface area contributed by atoms with E-state index in [4.69, 9.17) is 21.1 Å². The lowest BCUT2D eigenvalue weighted by atomic mass is 10.2. The lowest BCUT2D eigenvalue weighted by Gasteiger charge is -2.14. The van der Waals surface area contributed by atoms with Crippen molar-refractivity contribution < 1.29 is 19.1 Å². The zero-order chi connectivity index (χ0) is 18.2. The van der Waals surface area contributed by atoms with Gasteiger partial charge < -0.3 is 14.8 Å². The molecule has 0 saturated heterocycles. The average Bonchev–Trinajstić information content (AvgIpc) is 2.62. The molecule has 1 atom stereocenters. The third kappa shape index (κ3) is 5.50. The molecule has 0 heterocycles. The molecule has 0 bridgehead atoms. The highest BCUT2D eigenvalue weighted by Gasteiger charge is 2.19. The summed E-state index contributed by atoms with van der Waals surface area (Å²) in [5.41, 5.74) is 0.815. The minimum absolute atomic E-state index is 0.348. The van der Waals surface area contributed by atoms with Crippen LogP contribution >= 0.6 is 11.6 Å². The molecule has 5 nitrogen and oxygen atoms in total. The summed E-state index contributed by atoms with van der Waals surface area (Å²) in [4.78, 5) is 24.3. The van der Waals surface area contributed by atoms with Crippen molar-refractivity contribution >= 4 is 29.2 Å². The molecule has 0 spiro atoms. The fourth-order valence-corrected chi connectivity index (χ4v) is 2.17. The van der Waals surface area contributed by atoms with E-state index in [0.717, 1.165) is 6.42 Å². The minimum atomic E-state index is -0.959. The second-order valence-corrected chi connectivity index (χ2v) is 5.80. The summed E-state index contributed by atoms with van der Waals surface area (Å²) in [7, 11) is 0. The van der Waals surface area contributed by atoms with Gasteiger partial charge in [0.05, 0.1) is 22.9 Å². The Morgan fingerprint density at radius 3 is 2.44 bits per heavy atom. The van der Waals surface area contributed by atoms with Gasteiger partial charge in [0.25, 0.3) is 5.91 Å². The Labute approximate surface area is 151 Å². The Morgan fingerprint density at radius 2 is 1.80 bits per heavy atom. The number of ether oxygens (including phenoxy) is 2. The van der Waals surface area contributed by atoms with Gasteiger partial charge in [0.2, 0.25) is 0 Å². The Hall–Kier alpha value is -2.53. The number of carbonyl (C=O) groups excluding carboxylic acids is 2. The molecule has 25 heavy (non-hydrogen) atoms. The molecule has 0 aliphatic carbocycles. The van der Waals surface area contributed by atoms with E-state index in [-0.39, 0.29) is 0 Å². The van der Waals surface area contributed by atoms with Crippen LogP contribution in [0.4, 0.5) is 5.69 Å². The number of anilines is 1. The highest BCUT2D eigenvalue weighted by molar-refractivity contribution is 6.33. The molecule has 0 saturated carbocycles. The van der Waals surface area contributed by atoms with Crippen molar-refractivity contribution in [1.29, 1.82) is 0 Å². The van der Waals surface area contributed by atoms with E-state index in [0.29, 0.717) is 28.6 Å². The van der Waals surface area contributed by atoms with Crippen molar-refractivity contribution in [2.45, 2.75) is 26.4 Å². The highest BCUT2D eigenvalue weighted by atomic mass is 35.5. The molecule has 0 aliphatic rings. The molecular weight excluding hydrogens is 342 g/mol. The second kappa shape index (κ2) is 9.08. The lowest BCUT2D eigenvalue weighted by molar-refractivity contribution is -0.123. The molecule has 132 valence electrons. The first kappa shape index (κ1) is 18.8. The van der Waals surface area contributed by atoms with Gasteiger partial charge in [-0.25, -0.2) is 4.79 Å². The molecule has 0 fully saturated rings. The third-order valence-electron chi connectivity index (χ3n) is 3.35. The molecule has 0 unspecified atom stereocenters. The first-order valence-corrected chi connectivity index (χ1v) is 8.38. The topological polar surface area (TPSA) is 64.6 Å². The van der Waals surface area contributed by atoms with Crippen molar-refractivity contribution in [2.75, 3.05) is 11.9 Å². The Kier molecular flexibility index (Phi) is 6.83. The van der Waals surface area contributed by atoms with E-state index < -0.39 is 18.0 Å². The number of carbonyl (C=O) groups is 2. The van der Waals surface area contributed by atoms with E-state index in [1.807, 2.05) is 6.92 Å². The molecule has 6 heteroatoms. The van der Waals surface area contributed by atoms with E-state index >= 15 is 0 Å². The summed E-state index contributed by atoms with van der Waals surface area (Å²) in [5, 5.41) is 3.04. The van der Waals surface area contributed by atoms with E-state index in [2.05, 4.69) is 5.32 Å². The smallest absolute Gasteiger partial charge is 0.338 e. The number of nitrogens with one attached hydrogen (secondary N) is 1. The van der Waals surface area contributed by atoms with Crippen LogP contribution in [0.1, 0.15) is 30.6 Å². The van der Waals surface area contributed by atoms with Crippen molar-refractivity contribution in [3.05, 3.63) is 59.1 Å². The van der Waals surface area contributed by atoms with Crippen molar-refractivity contribution in [2.24, 2.45) is 0 Å². The maximum Gasteiger partial charge on any atom is 0.338 e. The van der Waals surface area contributed by atoms with Gasteiger partial charge >= 0.3 is 5.97 Å². The van der Waals surface area contributed by atoms with Gasteiger partial charge in [-0.15, -0.1) is 0 Å². The predicted molar refractivity (Wildman–Crippen MR) is 97.2 cm³/mol. The minimum Gasteiger partial charge on any atom is -0.494 e. The van der Waals surface area contributed by atoms with Gasteiger partial charge in [0, 0.05) is 0 Å². The molecule has 2 rings (SSSR count). The van der Waals surface area contributed by atoms with Gasteiger partial charge in [-0.2, -0.15) is 0 Å². The van der Waals surface area contributed by atoms with Crippen LogP contribution < -0.4 is 10.1 Å². The van der Waals surface area contributed by atoms with Crippen LogP contribution in [-0.4, -0.2) is 24.6 Å². The summed E-state index contributed by atoms with van der Waals surface area (Å²) in [5.74, 6) is -0.351. The standard InChI is InChI=1S/C19H20ClNO4/c1-3-12-24-15-10-8-14(9-11-15)19(23)25-13(2)18(22)21-17-7-5-4-6-16(17)20/h4-11,13H,3,12H2,1-2H3,(H,21,22)/t13-/m1/s1. The van der Waals surface area contributed by atoms with Crippen LogP contribution in [0, 0.1) is 0 Å². The molecule has 1 amide bonds. The van der Waals surface area contributed by atoms with E-state index in [1.54, 1.807) is 48.5 Å². The van der Waals surface area contributed by atoms with Crippen LogP contribution in [0.25, 0.3) is 0 Å².